The zero-order valence-electron chi connectivity index (χ0n) is 30.8. The number of anilines is 2. The number of likely N-dealkylation sites (tertiary alicyclic amines) is 1. The standard InChI is InChI=1S/C40H50N4O7Si/c1-26-38(52(4,5)32-14-11-30(49-2)12-15-32)35(22-36(46)42-18-7-10-29(42)25-45)51-40(26)33-21-31(50-3)13-16-34(33)44(39(40)48)24-27-8-6-9-28(20-27)43-19-17-41-23-37(43)47/h6,8-9,11-16,20-21,26,29,35,38,41,45H,7,10,17-19,22-25H2,1-5H3/t26-,29+,35+,38-,40+/m1/s1. The predicted molar refractivity (Wildman–Crippen MR) is 202 cm³/mol. The Balaban J connectivity index is 1.29. The summed E-state index contributed by atoms with van der Waals surface area (Å²) in [4.78, 5) is 47.5. The number of hydrogen-bond donors (Lipinski definition) is 2. The lowest BCUT2D eigenvalue weighted by atomic mass is 9.82. The number of carbonyl (C=O) groups is 3. The molecule has 7 rings (SSSR count). The molecule has 2 N–H and O–H groups in total. The summed E-state index contributed by atoms with van der Waals surface area (Å²) in [7, 11) is 0.783. The van der Waals surface area contributed by atoms with Crippen molar-refractivity contribution < 1.29 is 33.7 Å². The smallest absolute Gasteiger partial charge is 0.264 e. The zero-order chi connectivity index (χ0) is 36.8. The topological polar surface area (TPSA) is 121 Å². The minimum atomic E-state index is -2.48. The Morgan fingerprint density at radius 3 is 2.48 bits per heavy atom. The Kier molecular flexibility index (Phi) is 9.94. The zero-order valence-corrected chi connectivity index (χ0v) is 31.8. The highest BCUT2D eigenvalue weighted by atomic mass is 28.3. The summed E-state index contributed by atoms with van der Waals surface area (Å²) in [5, 5.41) is 14.4. The normalized spacial score (nSPS) is 26.0. The van der Waals surface area contributed by atoms with E-state index in [0.717, 1.165) is 41.1 Å². The Morgan fingerprint density at radius 2 is 1.77 bits per heavy atom. The van der Waals surface area contributed by atoms with Gasteiger partial charge in [-0.15, -0.1) is 0 Å². The van der Waals surface area contributed by atoms with Crippen LogP contribution in [0.2, 0.25) is 18.6 Å². The molecule has 276 valence electrons. The quantitative estimate of drug-likeness (QED) is 0.303. The van der Waals surface area contributed by atoms with E-state index >= 15 is 4.79 Å². The second kappa shape index (κ2) is 14.3. The maximum absolute atomic E-state index is 15.3. The highest BCUT2D eigenvalue weighted by Gasteiger charge is 2.66. The van der Waals surface area contributed by atoms with Crippen LogP contribution in [0.1, 0.15) is 37.3 Å². The largest absolute Gasteiger partial charge is 0.497 e. The summed E-state index contributed by atoms with van der Waals surface area (Å²) in [5.41, 5.74) is 1.71. The van der Waals surface area contributed by atoms with E-state index in [2.05, 4.69) is 37.5 Å². The van der Waals surface area contributed by atoms with Gasteiger partial charge in [0.1, 0.15) is 11.5 Å². The summed E-state index contributed by atoms with van der Waals surface area (Å²) in [6.07, 6.45) is 1.20. The van der Waals surface area contributed by atoms with E-state index in [-0.39, 0.29) is 54.8 Å². The van der Waals surface area contributed by atoms with Gasteiger partial charge in [0.05, 0.1) is 66.2 Å². The van der Waals surface area contributed by atoms with Crippen LogP contribution < -0.4 is 29.8 Å². The molecule has 0 saturated carbocycles. The first-order valence-electron chi connectivity index (χ1n) is 18.4. The molecule has 11 nitrogen and oxygen atoms in total. The highest BCUT2D eigenvalue weighted by Crippen LogP contribution is 2.60. The number of amides is 3. The molecular formula is C40H50N4O7Si. The van der Waals surface area contributed by atoms with Crippen LogP contribution in [0.15, 0.2) is 66.7 Å². The fourth-order valence-electron chi connectivity index (χ4n) is 9.30. The van der Waals surface area contributed by atoms with E-state index in [4.69, 9.17) is 14.2 Å². The van der Waals surface area contributed by atoms with Gasteiger partial charge in [-0.25, -0.2) is 0 Å². The summed E-state index contributed by atoms with van der Waals surface area (Å²) >= 11 is 0. The average molecular weight is 727 g/mol. The summed E-state index contributed by atoms with van der Waals surface area (Å²) in [6, 6.07) is 21.5. The van der Waals surface area contributed by atoms with Crippen molar-refractivity contribution in [2.24, 2.45) is 5.92 Å². The Hall–Kier alpha value is -4.23. The van der Waals surface area contributed by atoms with E-state index < -0.39 is 19.8 Å². The summed E-state index contributed by atoms with van der Waals surface area (Å²) in [5.74, 6) is 0.885. The maximum Gasteiger partial charge on any atom is 0.264 e. The molecule has 0 unspecified atom stereocenters. The van der Waals surface area contributed by atoms with Gasteiger partial charge in [0.25, 0.3) is 5.91 Å². The van der Waals surface area contributed by atoms with Gasteiger partial charge in [0, 0.05) is 36.8 Å². The van der Waals surface area contributed by atoms with Crippen LogP contribution in [0.4, 0.5) is 11.4 Å². The molecule has 12 heteroatoms. The van der Waals surface area contributed by atoms with E-state index in [0.29, 0.717) is 31.9 Å². The van der Waals surface area contributed by atoms with Crippen LogP contribution in [-0.2, 0) is 31.3 Å². The molecule has 0 bridgehead atoms. The molecule has 3 aromatic rings. The van der Waals surface area contributed by atoms with Crippen molar-refractivity contribution in [2.75, 3.05) is 56.8 Å². The van der Waals surface area contributed by atoms with E-state index in [9.17, 15) is 14.7 Å². The van der Waals surface area contributed by atoms with Gasteiger partial charge in [-0.1, -0.05) is 49.5 Å². The second-order valence-corrected chi connectivity index (χ2v) is 19.8. The minimum Gasteiger partial charge on any atom is -0.497 e. The Labute approximate surface area is 306 Å². The Morgan fingerprint density at radius 1 is 1.02 bits per heavy atom. The fourth-order valence-corrected chi connectivity index (χ4v) is 13.3. The van der Waals surface area contributed by atoms with Crippen molar-refractivity contribution in [3.05, 3.63) is 77.9 Å². The molecule has 5 atom stereocenters. The molecule has 4 heterocycles. The number of benzene rings is 3. The van der Waals surface area contributed by atoms with Gasteiger partial charge >= 0.3 is 0 Å². The van der Waals surface area contributed by atoms with Crippen molar-refractivity contribution in [1.82, 2.24) is 10.2 Å². The monoisotopic (exact) mass is 726 g/mol. The molecule has 4 aliphatic heterocycles. The number of fused-ring (bicyclic) bond motifs is 2. The number of rotatable bonds is 10. The molecule has 3 fully saturated rings. The number of nitrogens with one attached hydrogen (secondary N) is 1. The van der Waals surface area contributed by atoms with Crippen LogP contribution >= 0.6 is 0 Å². The summed E-state index contributed by atoms with van der Waals surface area (Å²) in [6.45, 7) is 9.11. The number of piperazine rings is 1. The average Bonchev–Trinajstić information content (AvgIpc) is 3.82. The van der Waals surface area contributed by atoms with Crippen molar-refractivity contribution in [1.29, 1.82) is 0 Å². The van der Waals surface area contributed by atoms with E-state index in [1.165, 1.54) is 5.19 Å². The van der Waals surface area contributed by atoms with Gasteiger partial charge in [-0.3, -0.25) is 14.4 Å². The first kappa shape index (κ1) is 36.1. The van der Waals surface area contributed by atoms with Crippen molar-refractivity contribution in [2.45, 2.75) is 69.1 Å². The number of aliphatic hydroxyl groups excluding tert-OH is 1. The molecule has 0 aromatic heterocycles. The second-order valence-electron chi connectivity index (χ2n) is 15.1. The number of methoxy groups -OCH3 is 2. The third kappa shape index (κ3) is 6.09. The molecule has 1 spiro atoms. The van der Waals surface area contributed by atoms with Crippen LogP contribution in [0.25, 0.3) is 0 Å². The van der Waals surface area contributed by atoms with Crippen molar-refractivity contribution >= 4 is 42.4 Å². The number of ether oxygens (including phenoxy) is 3. The van der Waals surface area contributed by atoms with E-state index in [1.807, 2.05) is 54.6 Å². The van der Waals surface area contributed by atoms with Crippen LogP contribution in [0.3, 0.4) is 0 Å². The molecule has 3 amide bonds. The number of hydrogen-bond acceptors (Lipinski definition) is 8. The van der Waals surface area contributed by atoms with Crippen molar-refractivity contribution in [3.8, 4) is 11.5 Å². The first-order valence-corrected chi connectivity index (χ1v) is 21.4. The molecule has 4 aliphatic rings. The van der Waals surface area contributed by atoms with Gasteiger partial charge in [-0.05, 0) is 66.4 Å². The molecule has 52 heavy (non-hydrogen) atoms. The number of nitrogens with zero attached hydrogens (tertiary/aromatic N) is 3. The van der Waals surface area contributed by atoms with Crippen molar-refractivity contribution in [3.63, 3.8) is 0 Å². The van der Waals surface area contributed by atoms with Gasteiger partial charge in [0.15, 0.2) is 5.60 Å². The van der Waals surface area contributed by atoms with Crippen LogP contribution in [0, 0.1) is 5.92 Å². The lowest BCUT2D eigenvalue weighted by molar-refractivity contribution is -0.150. The summed E-state index contributed by atoms with van der Waals surface area (Å²) < 4.78 is 18.4. The fraction of sp³-hybridized carbons (Fsp3) is 0.475. The van der Waals surface area contributed by atoms with Gasteiger partial charge in [0.2, 0.25) is 11.8 Å². The highest BCUT2D eigenvalue weighted by molar-refractivity contribution is 6.91. The van der Waals surface area contributed by atoms with Crippen LogP contribution in [0.5, 0.6) is 11.5 Å². The van der Waals surface area contributed by atoms with E-state index in [1.54, 1.807) is 28.9 Å². The maximum atomic E-state index is 15.3. The SMILES string of the molecule is COc1ccc([Si](C)(C)[C@H]2[C@H](CC(=O)N3CCC[C@H]3CO)O[C@@]3(C(=O)N(Cc4cccc(N5CCNCC5=O)c4)c4ccc(OC)cc43)[C@@H]2C)cc1. The predicted octanol–water partition coefficient (Wildman–Crippen LogP) is 3.78. The number of carbonyl (C=O) groups excluding carboxylic acids is 3. The molecule has 0 aliphatic carbocycles. The first-order chi connectivity index (χ1) is 25.0. The Bertz CT molecular complexity index is 1840. The minimum absolute atomic E-state index is 0.0136. The lowest BCUT2D eigenvalue weighted by Crippen LogP contribution is -2.52. The molecule has 3 aromatic carbocycles. The van der Waals surface area contributed by atoms with Gasteiger partial charge in [-0.2, -0.15) is 0 Å². The molecule has 3 saturated heterocycles. The lowest BCUT2D eigenvalue weighted by Gasteiger charge is -2.37. The third-order valence-corrected chi connectivity index (χ3v) is 16.3. The van der Waals surface area contributed by atoms with Gasteiger partial charge < -0.3 is 39.3 Å². The molecule has 0 radical (unpaired) electrons. The third-order valence-electron chi connectivity index (χ3n) is 12.0. The van der Waals surface area contributed by atoms with Crippen LogP contribution in [-0.4, -0.2) is 95.0 Å². The molecular weight excluding hydrogens is 677 g/mol. The number of aliphatic hydroxyl groups is 1.